The van der Waals surface area contributed by atoms with E-state index >= 15 is 0 Å². The molecule has 4 nitrogen and oxygen atoms in total. The van der Waals surface area contributed by atoms with E-state index in [1.165, 1.54) is 0 Å². The van der Waals surface area contributed by atoms with E-state index in [2.05, 4.69) is 5.32 Å². The van der Waals surface area contributed by atoms with Crippen molar-refractivity contribution in [2.24, 2.45) is 11.7 Å². The Morgan fingerprint density at radius 2 is 1.87 bits per heavy atom. The number of carboxylic acids is 1. The van der Waals surface area contributed by atoms with E-state index in [0.29, 0.717) is 12.1 Å². The Labute approximate surface area is 91.2 Å². The normalized spacial score (nSPS) is 29.1. The molecule has 0 radical (unpaired) electrons. The van der Waals surface area contributed by atoms with Crippen molar-refractivity contribution in [3.63, 3.8) is 0 Å². The number of aliphatic carboxylic acids is 1. The third kappa shape index (κ3) is 3.80. The van der Waals surface area contributed by atoms with Gasteiger partial charge in [0.1, 0.15) is 6.04 Å². The number of hydrogen-bond donors (Lipinski definition) is 3. The van der Waals surface area contributed by atoms with Crippen LogP contribution in [0.25, 0.3) is 0 Å². The number of hydrogen-bond acceptors (Lipinski definition) is 3. The quantitative estimate of drug-likeness (QED) is 0.651. The molecule has 0 amide bonds. The van der Waals surface area contributed by atoms with Gasteiger partial charge in [-0.1, -0.05) is 13.8 Å². The lowest BCUT2D eigenvalue weighted by atomic mass is 9.90. The first-order chi connectivity index (χ1) is 7.00. The van der Waals surface area contributed by atoms with Crippen LogP contribution < -0.4 is 11.1 Å². The summed E-state index contributed by atoms with van der Waals surface area (Å²) in [6, 6.07) is 0.211. The van der Waals surface area contributed by atoms with Gasteiger partial charge in [-0.3, -0.25) is 4.79 Å². The molecule has 1 unspecified atom stereocenters. The van der Waals surface area contributed by atoms with Gasteiger partial charge in [-0.15, -0.1) is 0 Å². The molecule has 0 aliphatic heterocycles. The smallest absolute Gasteiger partial charge is 0.320 e. The molecule has 0 saturated heterocycles. The molecule has 0 heterocycles. The minimum atomic E-state index is -0.750. The molecule has 1 aliphatic rings. The Bertz CT molecular complexity index is 211. The summed E-state index contributed by atoms with van der Waals surface area (Å²) in [5.74, 6) is -0.627. The molecule has 1 saturated carbocycles. The second kappa shape index (κ2) is 5.47. The van der Waals surface area contributed by atoms with Crippen molar-refractivity contribution in [3.05, 3.63) is 0 Å². The van der Waals surface area contributed by atoms with Gasteiger partial charge in [-0.05, 0) is 31.6 Å². The van der Waals surface area contributed by atoms with E-state index in [0.717, 1.165) is 25.7 Å². The lowest BCUT2D eigenvalue weighted by Crippen LogP contribution is -2.48. The maximum absolute atomic E-state index is 11.0. The zero-order chi connectivity index (χ0) is 11.4. The lowest BCUT2D eigenvalue weighted by Gasteiger charge is -2.30. The summed E-state index contributed by atoms with van der Waals surface area (Å²) < 4.78 is 0. The van der Waals surface area contributed by atoms with Gasteiger partial charge in [0.05, 0.1) is 0 Å². The topological polar surface area (TPSA) is 75.3 Å². The average Bonchev–Trinajstić information content (AvgIpc) is 2.15. The van der Waals surface area contributed by atoms with Gasteiger partial charge >= 0.3 is 5.97 Å². The fourth-order valence-electron chi connectivity index (χ4n) is 2.09. The Morgan fingerprint density at radius 3 is 2.27 bits per heavy atom. The van der Waals surface area contributed by atoms with Crippen LogP contribution in [-0.4, -0.2) is 29.2 Å². The third-order valence-corrected chi connectivity index (χ3v) is 3.12. The zero-order valence-electron chi connectivity index (χ0n) is 9.57. The highest BCUT2D eigenvalue weighted by molar-refractivity contribution is 5.73. The van der Waals surface area contributed by atoms with E-state index in [9.17, 15) is 4.79 Å². The SMILES string of the molecule is CC(C)C(NC1CCC(N)CC1)C(=O)O. The van der Waals surface area contributed by atoms with Gasteiger partial charge < -0.3 is 16.2 Å². The van der Waals surface area contributed by atoms with Crippen LogP contribution in [-0.2, 0) is 4.79 Å². The molecule has 0 bridgehead atoms. The molecule has 0 aromatic rings. The standard InChI is InChI=1S/C11H22N2O2/c1-7(2)10(11(14)15)13-9-5-3-8(12)4-6-9/h7-10,13H,3-6,12H2,1-2H3,(H,14,15). The molecule has 15 heavy (non-hydrogen) atoms. The molecule has 1 aliphatic carbocycles. The number of carbonyl (C=O) groups is 1. The Balaban J connectivity index is 2.41. The Kier molecular flexibility index (Phi) is 4.54. The molecular weight excluding hydrogens is 192 g/mol. The maximum Gasteiger partial charge on any atom is 0.320 e. The van der Waals surface area contributed by atoms with Crippen LogP contribution in [0.4, 0.5) is 0 Å². The second-order valence-electron chi connectivity index (χ2n) is 4.84. The molecule has 0 spiro atoms. The summed E-state index contributed by atoms with van der Waals surface area (Å²) >= 11 is 0. The van der Waals surface area contributed by atoms with Crippen molar-refractivity contribution in [3.8, 4) is 0 Å². The van der Waals surface area contributed by atoms with Gasteiger partial charge in [-0.2, -0.15) is 0 Å². The molecule has 0 aromatic carbocycles. The van der Waals surface area contributed by atoms with Crippen molar-refractivity contribution < 1.29 is 9.90 Å². The van der Waals surface area contributed by atoms with E-state index in [1.807, 2.05) is 13.8 Å². The average molecular weight is 214 g/mol. The predicted octanol–water partition coefficient (Wildman–Crippen LogP) is 0.955. The van der Waals surface area contributed by atoms with Crippen molar-refractivity contribution in [1.29, 1.82) is 0 Å². The number of nitrogens with two attached hydrogens (primary N) is 1. The van der Waals surface area contributed by atoms with Crippen molar-refractivity contribution in [2.45, 2.75) is 57.7 Å². The maximum atomic E-state index is 11.0. The number of nitrogens with one attached hydrogen (secondary N) is 1. The molecule has 1 rings (SSSR count). The minimum Gasteiger partial charge on any atom is -0.480 e. The molecule has 1 atom stereocenters. The van der Waals surface area contributed by atoms with Crippen LogP contribution in [0.1, 0.15) is 39.5 Å². The van der Waals surface area contributed by atoms with Crippen LogP contribution in [0.2, 0.25) is 0 Å². The van der Waals surface area contributed by atoms with Crippen molar-refractivity contribution in [1.82, 2.24) is 5.32 Å². The first-order valence-corrected chi connectivity index (χ1v) is 5.75. The summed E-state index contributed by atoms with van der Waals surface area (Å²) in [6.45, 7) is 3.86. The first kappa shape index (κ1) is 12.5. The summed E-state index contributed by atoms with van der Waals surface area (Å²) in [4.78, 5) is 11.0. The molecule has 1 fully saturated rings. The summed E-state index contributed by atoms with van der Waals surface area (Å²) in [7, 11) is 0. The van der Waals surface area contributed by atoms with Crippen molar-refractivity contribution >= 4 is 5.97 Å². The van der Waals surface area contributed by atoms with Crippen LogP contribution in [0.5, 0.6) is 0 Å². The van der Waals surface area contributed by atoms with Crippen molar-refractivity contribution in [2.75, 3.05) is 0 Å². The molecule has 88 valence electrons. The van der Waals surface area contributed by atoms with Gasteiger partial charge in [0.2, 0.25) is 0 Å². The fourth-order valence-corrected chi connectivity index (χ4v) is 2.09. The summed E-state index contributed by atoms with van der Waals surface area (Å²) in [6.07, 6.45) is 4.00. The second-order valence-corrected chi connectivity index (χ2v) is 4.84. The fraction of sp³-hybridized carbons (Fsp3) is 0.909. The predicted molar refractivity (Wildman–Crippen MR) is 59.6 cm³/mol. The first-order valence-electron chi connectivity index (χ1n) is 5.75. The van der Waals surface area contributed by atoms with Gasteiger partial charge in [0, 0.05) is 12.1 Å². The monoisotopic (exact) mass is 214 g/mol. The third-order valence-electron chi connectivity index (χ3n) is 3.12. The van der Waals surface area contributed by atoms with Crippen LogP contribution in [0, 0.1) is 5.92 Å². The molecule has 4 heteroatoms. The summed E-state index contributed by atoms with van der Waals surface area (Å²) in [5.41, 5.74) is 5.80. The zero-order valence-corrected chi connectivity index (χ0v) is 9.57. The van der Waals surface area contributed by atoms with Gasteiger partial charge in [0.15, 0.2) is 0 Å². The lowest BCUT2D eigenvalue weighted by molar-refractivity contribution is -0.141. The van der Waals surface area contributed by atoms with E-state index in [-0.39, 0.29) is 5.92 Å². The highest BCUT2D eigenvalue weighted by atomic mass is 16.4. The largest absolute Gasteiger partial charge is 0.480 e. The molecule has 4 N–H and O–H groups in total. The van der Waals surface area contributed by atoms with Crippen LogP contribution in [0.15, 0.2) is 0 Å². The Morgan fingerprint density at radius 1 is 1.33 bits per heavy atom. The van der Waals surface area contributed by atoms with E-state index < -0.39 is 12.0 Å². The molecular formula is C11H22N2O2. The highest BCUT2D eigenvalue weighted by Gasteiger charge is 2.26. The minimum absolute atomic E-state index is 0.123. The number of carboxylic acid groups (broad SMARTS) is 1. The number of rotatable bonds is 4. The molecule has 0 aromatic heterocycles. The van der Waals surface area contributed by atoms with E-state index in [4.69, 9.17) is 10.8 Å². The Hall–Kier alpha value is -0.610. The van der Waals surface area contributed by atoms with Crippen LogP contribution in [0.3, 0.4) is 0 Å². The van der Waals surface area contributed by atoms with Crippen LogP contribution >= 0.6 is 0 Å². The summed E-state index contributed by atoms with van der Waals surface area (Å²) in [5, 5.41) is 12.3. The highest BCUT2D eigenvalue weighted by Crippen LogP contribution is 2.18. The van der Waals surface area contributed by atoms with Gasteiger partial charge in [0.25, 0.3) is 0 Å². The van der Waals surface area contributed by atoms with E-state index in [1.54, 1.807) is 0 Å². The van der Waals surface area contributed by atoms with Gasteiger partial charge in [-0.25, -0.2) is 0 Å².